The normalized spacial score (nSPS) is 11.9. The van der Waals surface area contributed by atoms with Crippen molar-refractivity contribution in [2.24, 2.45) is 11.8 Å². The second kappa shape index (κ2) is 22.8. The van der Waals surface area contributed by atoms with E-state index in [2.05, 4.69) is 60.1 Å². The van der Waals surface area contributed by atoms with Crippen LogP contribution in [-0.4, -0.2) is 77.2 Å². The molecule has 4 amide bonds. The Labute approximate surface area is 443 Å². The summed E-state index contributed by atoms with van der Waals surface area (Å²) < 4.78 is 114. The van der Waals surface area contributed by atoms with E-state index in [0.717, 1.165) is 45.3 Å². The maximum Gasteiger partial charge on any atom is 0.263 e. The molecule has 8 aromatic rings. The molecule has 0 aliphatic heterocycles. The Morgan fingerprint density at radius 3 is 0.720 bits per heavy atom. The van der Waals surface area contributed by atoms with Gasteiger partial charge in [0.15, 0.2) is 20.5 Å². The van der Waals surface area contributed by atoms with Crippen molar-refractivity contribution in [3.8, 4) is 0 Å². The van der Waals surface area contributed by atoms with Gasteiger partial charge in [-0.3, -0.25) is 38.1 Å². The maximum atomic E-state index is 14.4. The highest BCUT2D eigenvalue weighted by molar-refractivity contribution is 7.93. The quantitative estimate of drug-likeness (QED) is 0.0351. The number of amides is 4. The number of thiazole rings is 4. The Kier molecular flexibility index (Phi) is 16.3. The lowest BCUT2D eigenvalue weighted by Crippen LogP contribution is -2.41. The molecule has 0 fully saturated rings. The summed E-state index contributed by atoms with van der Waals surface area (Å²) in [6.07, 6.45) is 4.74. The van der Waals surface area contributed by atoms with Gasteiger partial charge in [-0.2, -0.15) is 0 Å². The number of nitrogens with one attached hydrogen (secondary N) is 8. The SMILES string of the molecule is O=C(Nc1ccc(S(=O)(=O)Nc2nccs2)cc1)C(CC(C(=O)Nc1ccc(S(=O)(=O)Nc2nccs2)cc1)C(=O)Nc1ccc(S(=O)(=O)Nc2nccs2)cc1)C(=O)Nc1ccc(S(=O)(=O)Nc2nccs2)cc1. The standard InChI is InChI=1S/C43H36N12O12S8/c56-36(48-26-1-9-30(10-2-26)72(60,61)52-40-44-17-21-68-40)34(37(57)49-27-3-11-31(12-4-27)73(62,63)53-41-45-18-22-69-41)25-35(38(58)50-28-5-13-32(14-6-28)74(64,65)54-42-46-19-23-70-42)39(59)51-29-7-15-33(16-8-29)75(66,67)55-43-47-20-24-71-43/h1-24,34-35H,25H2,(H,44,52)(H,45,53)(H,46,54)(H,47,55)(H,48,56)(H,49,57)(H,50,58)(H,51,59). The zero-order valence-corrected chi connectivity index (χ0v) is 44.2. The Morgan fingerprint density at radius 1 is 0.347 bits per heavy atom. The van der Waals surface area contributed by atoms with E-state index >= 15 is 0 Å². The van der Waals surface area contributed by atoms with Gasteiger partial charge in [0.1, 0.15) is 11.8 Å². The van der Waals surface area contributed by atoms with Crippen molar-refractivity contribution < 1.29 is 52.8 Å². The maximum absolute atomic E-state index is 14.4. The van der Waals surface area contributed by atoms with Crippen LogP contribution in [0.4, 0.5) is 43.3 Å². The third-order valence-electron chi connectivity index (χ3n) is 10.1. The van der Waals surface area contributed by atoms with E-state index in [1.807, 2.05) is 0 Å². The van der Waals surface area contributed by atoms with Crippen molar-refractivity contribution in [1.29, 1.82) is 0 Å². The molecule has 0 atom stereocenters. The Hall–Kier alpha value is -7.72. The van der Waals surface area contributed by atoms with Crippen molar-refractivity contribution in [2.45, 2.75) is 26.0 Å². The lowest BCUT2D eigenvalue weighted by molar-refractivity contribution is -0.133. The van der Waals surface area contributed by atoms with E-state index in [0.29, 0.717) is 0 Å². The molecule has 0 aliphatic carbocycles. The lowest BCUT2D eigenvalue weighted by Gasteiger charge is -2.22. The third kappa shape index (κ3) is 13.9. The molecule has 0 saturated heterocycles. The molecule has 8 rings (SSSR count). The summed E-state index contributed by atoms with van der Waals surface area (Å²) in [5, 5.41) is 16.8. The van der Waals surface area contributed by atoms with Gasteiger partial charge in [-0.15, -0.1) is 45.3 Å². The molecule has 75 heavy (non-hydrogen) atoms. The predicted octanol–water partition coefficient (Wildman–Crippen LogP) is 6.19. The van der Waals surface area contributed by atoms with Gasteiger partial charge in [0.25, 0.3) is 40.1 Å². The molecule has 0 unspecified atom stereocenters. The fraction of sp³-hybridized carbons (Fsp3) is 0.0698. The molecule has 4 aromatic heterocycles. The van der Waals surface area contributed by atoms with E-state index in [1.54, 1.807) is 21.5 Å². The molecule has 0 saturated carbocycles. The van der Waals surface area contributed by atoms with E-state index < -0.39 is 82.0 Å². The zero-order chi connectivity index (χ0) is 53.4. The van der Waals surface area contributed by atoms with Crippen LogP contribution in [0.1, 0.15) is 6.42 Å². The summed E-state index contributed by atoms with van der Waals surface area (Å²) in [6.45, 7) is 0. The second-order valence-corrected chi connectivity index (χ2v) is 25.5. The number of sulfonamides is 4. The Bertz CT molecular complexity index is 3260. The highest BCUT2D eigenvalue weighted by Crippen LogP contribution is 2.28. The van der Waals surface area contributed by atoms with Crippen LogP contribution < -0.4 is 40.2 Å². The largest absolute Gasteiger partial charge is 0.325 e. The average molecular weight is 1170 g/mol. The first-order valence-corrected chi connectivity index (χ1v) is 30.5. The van der Waals surface area contributed by atoms with Crippen LogP contribution in [0.15, 0.2) is 163 Å². The summed E-state index contributed by atoms with van der Waals surface area (Å²) in [7, 11) is -16.5. The Morgan fingerprint density at radius 2 is 0.547 bits per heavy atom. The fourth-order valence-electron chi connectivity index (χ4n) is 6.48. The number of nitrogens with zero attached hydrogens (tertiary/aromatic N) is 4. The van der Waals surface area contributed by atoms with Crippen molar-refractivity contribution in [1.82, 2.24) is 19.9 Å². The summed E-state index contributed by atoms with van der Waals surface area (Å²) in [6, 6.07) is 19.2. The number of carbonyl (C=O) groups excluding carboxylic acids is 4. The molecule has 0 bridgehead atoms. The van der Waals surface area contributed by atoms with Crippen LogP contribution in [0.5, 0.6) is 0 Å². The van der Waals surface area contributed by atoms with Crippen LogP contribution >= 0.6 is 45.3 Å². The molecule has 4 heterocycles. The van der Waals surface area contributed by atoms with E-state index in [-0.39, 0.29) is 62.9 Å². The van der Waals surface area contributed by atoms with Gasteiger partial charge in [0, 0.05) is 69.1 Å². The first kappa shape index (κ1) is 53.6. The Balaban J connectivity index is 1.08. The van der Waals surface area contributed by atoms with Crippen molar-refractivity contribution >= 4 is 152 Å². The van der Waals surface area contributed by atoms with E-state index in [4.69, 9.17) is 0 Å². The van der Waals surface area contributed by atoms with E-state index in [1.165, 1.54) is 122 Å². The number of aromatic nitrogens is 4. The average Bonchev–Trinajstić information content (AvgIpc) is 4.24. The topological polar surface area (TPSA) is 353 Å². The van der Waals surface area contributed by atoms with Crippen molar-refractivity contribution in [3.05, 3.63) is 143 Å². The van der Waals surface area contributed by atoms with Gasteiger partial charge in [-0.1, -0.05) is 0 Å². The minimum absolute atomic E-state index is 0.0162. The van der Waals surface area contributed by atoms with Crippen LogP contribution in [0.2, 0.25) is 0 Å². The lowest BCUT2D eigenvalue weighted by atomic mass is 9.90. The van der Waals surface area contributed by atoms with Gasteiger partial charge in [-0.05, 0) is 103 Å². The second-order valence-electron chi connectivity index (χ2n) is 15.2. The summed E-state index contributed by atoms with van der Waals surface area (Å²) in [5.41, 5.74) is -0.0647. The molecule has 388 valence electrons. The minimum Gasteiger partial charge on any atom is -0.325 e. The molecule has 24 nitrogen and oxygen atoms in total. The summed E-state index contributed by atoms with van der Waals surface area (Å²) in [4.78, 5) is 72.3. The number of rotatable bonds is 22. The zero-order valence-electron chi connectivity index (χ0n) is 37.7. The van der Waals surface area contributed by atoms with Crippen LogP contribution in [0, 0.1) is 11.8 Å². The van der Waals surface area contributed by atoms with Crippen LogP contribution in [-0.2, 0) is 59.3 Å². The fourth-order valence-corrected chi connectivity index (χ4v) is 13.6. The molecule has 8 N–H and O–H groups in total. The van der Waals surface area contributed by atoms with Gasteiger partial charge >= 0.3 is 0 Å². The highest BCUT2D eigenvalue weighted by atomic mass is 32.2. The molecular formula is C43H36N12O12S8. The predicted molar refractivity (Wildman–Crippen MR) is 284 cm³/mol. The number of carbonyl (C=O) groups is 4. The molecule has 4 aromatic carbocycles. The van der Waals surface area contributed by atoms with E-state index in [9.17, 15) is 52.8 Å². The summed E-state index contributed by atoms with van der Waals surface area (Å²) >= 11 is 4.16. The number of benzene rings is 4. The van der Waals surface area contributed by atoms with Gasteiger partial charge in [0.2, 0.25) is 23.6 Å². The monoisotopic (exact) mass is 1170 g/mol. The van der Waals surface area contributed by atoms with Crippen LogP contribution in [0.3, 0.4) is 0 Å². The summed E-state index contributed by atoms with van der Waals surface area (Å²) in [5.74, 6) is -8.25. The molecule has 0 radical (unpaired) electrons. The minimum atomic E-state index is -4.13. The first-order chi connectivity index (χ1) is 35.7. The van der Waals surface area contributed by atoms with Crippen LogP contribution in [0.25, 0.3) is 0 Å². The van der Waals surface area contributed by atoms with Crippen molar-refractivity contribution in [2.75, 3.05) is 40.2 Å². The number of anilines is 8. The molecule has 0 spiro atoms. The molecular weight excluding hydrogens is 1130 g/mol. The van der Waals surface area contributed by atoms with Crippen molar-refractivity contribution in [3.63, 3.8) is 0 Å². The first-order valence-electron chi connectivity index (χ1n) is 21.1. The highest BCUT2D eigenvalue weighted by Gasteiger charge is 2.37. The van der Waals surface area contributed by atoms with Gasteiger partial charge < -0.3 is 21.3 Å². The smallest absolute Gasteiger partial charge is 0.263 e. The number of hydrogen-bond donors (Lipinski definition) is 8. The van der Waals surface area contributed by atoms with Gasteiger partial charge in [0.05, 0.1) is 19.6 Å². The molecule has 0 aliphatic rings. The van der Waals surface area contributed by atoms with Gasteiger partial charge in [-0.25, -0.2) is 53.6 Å². The third-order valence-corrected chi connectivity index (χ3v) is 18.8. The number of hydrogen-bond acceptors (Lipinski definition) is 20. The molecule has 32 heteroatoms.